The fourth-order valence-corrected chi connectivity index (χ4v) is 2.90. The normalized spacial score (nSPS) is 15.9. The standard InChI is InChI=1S/C13H19N5OS/c1-3-4-5-15-12(19)10-11(14)16-13(20-10)18-8-6-17(2)7-9-18/h1H,4-9,14H2,2H3,(H,15,19). The predicted molar refractivity (Wildman–Crippen MR) is 82.0 cm³/mol. The maximum Gasteiger partial charge on any atom is 0.265 e. The van der Waals surface area contributed by atoms with Crippen LogP contribution in [0.4, 0.5) is 10.9 Å². The SMILES string of the molecule is C#CCCNC(=O)c1sc(N2CCN(C)CC2)nc1N. The van der Waals surface area contributed by atoms with Crippen LogP contribution in [0.3, 0.4) is 0 Å². The van der Waals surface area contributed by atoms with Crippen LogP contribution in [0.2, 0.25) is 0 Å². The summed E-state index contributed by atoms with van der Waals surface area (Å²) in [5.41, 5.74) is 5.84. The molecule has 0 unspecified atom stereocenters. The number of thiazole rings is 1. The Hall–Kier alpha value is -1.78. The van der Waals surface area contributed by atoms with E-state index in [9.17, 15) is 4.79 Å². The molecule has 1 fully saturated rings. The van der Waals surface area contributed by atoms with Crippen molar-refractivity contribution in [1.29, 1.82) is 0 Å². The Bertz CT molecular complexity index is 513. The maximum atomic E-state index is 12.0. The van der Waals surface area contributed by atoms with Gasteiger partial charge in [-0.1, -0.05) is 11.3 Å². The topological polar surface area (TPSA) is 74.5 Å². The third-order valence-corrected chi connectivity index (χ3v) is 4.31. The molecule has 0 atom stereocenters. The molecule has 0 aromatic carbocycles. The number of amides is 1. The Balaban J connectivity index is 2.02. The van der Waals surface area contributed by atoms with E-state index in [4.69, 9.17) is 12.2 Å². The van der Waals surface area contributed by atoms with Crippen LogP contribution in [0.25, 0.3) is 0 Å². The van der Waals surface area contributed by atoms with Crippen molar-refractivity contribution in [3.05, 3.63) is 4.88 Å². The Morgan fingerprint density at radius 3 is 2.85 bits per heavy atom. The number of aromatic nitrogens is 1. The molecule has 2 heterocycles. The highest BCUT2D eigenvalue weighted by molar-refractivity contribution is 7.18. The second-order valence-corrected chi connectivity index (χ2v) is 5.69. The molecule has 0 bridgehead atoms. The van der Waals surface area contributed by atoms with Gasteiger partial charge in [-0.25, -0.2) is 4.98 Å². The molecule has 1 amide bonds. The second kappa shape index (κ2) is 6.59. The van der Waals surface area contributed by atoms with Crippen LogP contribution in [0, 0.1) is 12.3 Å². The first-order valence-electron chi connectivity index (χ1n) is 6.53. The highest BCUT2D eigenvalue weighted by atomic mass is 32.1. The van der Waals surface area contributed by atoms with Crippen molar-refractivity contribution in [2.45, 2.75) is 6.42 Å². The highest BCUT2D eigenvalue weighted by Gasteiger charge is 2.21. The molecule has 0 spiro atoms. The Morgan fingerprint density at radius 2 is 2.20 bits per heavy atom. The number of nitrogens with two attached hydrogens (primary N) is 1. The molecular weight excluding hydrogens is 274 g/mol. The second-order valence-electron chi connectivity index (χ2n) is 4.71. The number of carbonyl (C=O) groups excluding carboxylic acids is 1. The molecule has 20 heavy (non-hydrogen) atoms. The number of hydrogen-bond acceptors (Lipinski definition) is 6. The molecule has 1 saturated heterocycles. The summed E-state index contributed by atoms with van der Waals surface area (Å²) in [4.78, 5) is 21.2. The minimum Gasteiger partial charge on any atom is -0.382 e. The molecule has 1 aliphatic rings. The van der Waals surface area contributed by atoms with E-state index in [2.05, 4.69) is 33.1 Å². The molecule has 1 aromatic rings. The van der Waals surface area contributed by atoms with Crippen molar-refractivity contribution >= 4 is 28.2 Å². The third kappa shape index (κ3) is 3.40. The number of hydrogen-bond donors (Lipinski definition) is 2. The molecule has 1 aromatic heterocycles. The number of likely N-dealkylation sites (N-methyl/N-ethyl adjacent to an activating group) is 1. The average Bonchev–Trinajstić information content (AvgIpc) is 2.82. The summed E-state index contributed by atoms with van der Waals surface area (Å²) in [6.07, 6.45) is 5.66. The van der Waals surface area contributed by atoms with Gasteiger partial charge in [-0.2, -0.15) is 0 Å². The van der Waals surface area contributed by atoms with E-state index in [1.165, 1.54) is 11.3 Å². The summed E-state index contributed by atoms with van der Waals surface area (Å²) in [5.74, 6) is 2.57. The third-order valence-electron chi connectivity index (χ3n) is 3.18. The van der Waals surface area contributed by atoms with Crippen molar-refractivity contribution in [2.75, 3.05) is 50.4 Å². The number of rotatable bonds is 4. The molecule has 0 radical (unpaired) electrons. The zero-order chi connectivity index (χ0) is 14.5. The fraction of sp³-hybridized carbons (Fsp3) is 0.538. The van der Waals surface area contributed by atoms with E-state index in [1.807, 2.05) is 0 Å². The first-order chi connectivity index (χ1) is 9.61. The maximum absolute atomic E-state index is 12.0. The largest absolute Gasteiger partial charge is 0.382 e. The Morgan fingerprint density at radius 1 is 1.50 bits per heavy atom. The van der Waals surface area contributed by atoms with Crippen LogP contribution in [-0.2, 0) is 0 Å². The molecular formula is C13H19N5OS. The lowest BCUT2D eigenvalue weighted by atomic mass is 10.3. The summed E-state index contributed by atoms with van der Waals surface area (Å²) in [6.45, 7) is 4.24. The van der Waals surface area contributed by atoms with Crippen molar-refractivity contribution < 1.29 is 4.79 Å². The number of nitrogens with one attached hydrogen (secondary N) is 1. The van der Waals surface area contributed by atoms with Gasteiger partial charge < -0.3 is 20.9 Å². The Labute approximate surface area is 123 Å². The van der Waals surface area contributed by atoms with Crippen LogP contribution in [0.1, 0.15) is 16.1 Å². The van der Waals surface area contributed by atoms with Gasteiger partial charge in [-0.3, -0.25) is 4.79 Å². The van der Waals surface area contributed by atoms with E-state index >= 15 is 0 Å². The van der Waals surface area contributed by atoms with E-state index in [0.29, 0.717) is 23.7 Å². The van der Waals surface area contributed by atoms with Gasteiger partial charge in [0.15, 0.2) is 5.13 Å². The number of terminal acetylenes is 1. The number of piperazine rings is 1. The van der Waals surface area contributed by atoms with Crippen molar-refractivity contribution in [3.8, 4) is 12.3 Å². The van der Waals surface area contributed by atoms with Gasteiger partial charge in [0, 0.05) is 39.1 Å². The summed E-state index contributed by atoms with van der Waals surface area (Å²) < 4.78 is 0. The number of anilines is 2. The van der Waals surface area contributed by atoms with Crippen LogP contribution in [0.15, 0.2) is 0 Å². The van der Waals surface area contributed by atoms with Crippen molar-refractivity contribution in [1.82, 2.24) is 15.2 Å². The monoisotopic (exact) mass is 293 g/mol. The molecule has 7 heteroatoms. The van der Waals surface area contributed by atoms with E-state index in [-0.39, 0.29) is 5.91 Å². The first-order valence-corrected chi connectivity index (χ1v) is 7.35. The van der Waals surface area contributed by atoms with E-state index in [0.717, 1.165) is 31.3 Å². The molecule has 0 aliphatic carbocycles. The van der Waals surface area contributed by atoms with Gasteiger partial charge >= 0.3 is 0 Å². The van der Waals surface area contributed by atoms with Gasteiger partial charge in [0.2, 0.25) is 0 Å². The summed E-state index contributed by atoms with van der Waals surface area (Å²) >= 11 is 1.34. The van der Waals surface area contributed by atoms with Gasteiger partial charge in [0.05, 0.1) is 0 Å². The lowest BCUT2D eigenvalue weighted by molar-refractivity contribution is 0.0959. The first kappa shape index (κ1) is 14.6. The fourth-order valence-electron chi connectivity index (χ4n) is 1.94. The number of nitrogen functional groups attached to an aromatic ring is 1. The molecule has 2 rings (SSSR count). The lowest BCUT2D eigenvalue weighted by Crippen LogP contribution is -2.44. The van der Waals surface area contributed by atoms with Crippen LogP contribution in [-0.4, -0.2) is 55.6 Å². The van der Waals surface area contributed by atoms with E-state index in [1.54, 1.807) is 0 Å². The summed E-state index contributed by atoms with van der Waals surface area (Å²) in [5, 5.41) is 3.56. The highest BCUT2D eigenvalue weighted by Crippen LogP contribution is 2.28. The summed E-state index contributed by atoms with van der Waals surface area (Å²) in [6, 6.07) is 0. The Kier molecular flexibility index (Phi) is 4.82. The molecule has 0 saturated carbocycles. The molecule has 1 aliphatic heterocycles. The van der Waals surface area contributed by atoms with Gasteiger partial charge in [0.25, 0.3) is 5.91 Å². The number of carbonyl (C=O) groups is 1. The average molecular weight is 293 g/mol. The van der Waals surface area contributed by atoms with Crippen LogP contribution in [0.5, 0.6) is 0 Å². The zero-order valence-electron chi connectivity index (χ0n) is 11.6. The van der Waals surface area contributed by atoms with Crippen molar-refractivity contribution in [3.63, 3.8) is 0 Å². The molecule has 3 N–H and O–H groups in total. The summed E-state index contributed by atoms with van der Waals surface area (Å²) in [7, 11) is 2.10. The van der Waals surface area contributed by atoms with Crippen LogP contribution >= 0.6 is 11.3 Å². The minimum atomic E-state index is -0.198. The van der Waals surface area contributed by atoms with Gasteiger partial charge in [0.1, 0.15) is 10.7 Å². The van der Waals surface area contributed by atoms with Gasteiger partial charge in [-0.15, -0.1) is 12.3 Å². The quantitative estimate of drug-likeness (QED) is 0.614. The van der Waals surface area contributed by atoms with Crippen LogP contribution < -0.4 is 16.0 Å². The minimum absolute atomic E-state index is 0.198. The lowest BCUT2D eigenvalue weighted by Gasteiger charge is -2.31. The van der Waals surface area contributed by atoms with Gasteiger partial charge in [-0.05, 0) is 7.05 Å². The van der Waals surface area contributed by atoms with E-state index < -0.39 is 0 Å². The molecule has 6 nitrogen and oxygen atoms in total. The molecule has 108 valence electrons. The zero-order valence-corrected chi connectivity index (χ0v) is 12.4. The predicted octanol–water partition coefficient (Wildman–Crippen LogP) is 0.230. The number of nitrogens with zero attached hydrogens (tertiary/aromatic N) is 3. The smallest absolute Gasteiger partial charge is 0.265 e. The van der Waals surface area contributed by atoms with Crippen molar-refractivity contribution in [2.24, 2.45) is 0 Å².